The minimum Gasteiger partial charge on any atom is -0.393 e. The van der Waals surface area contributed by atoms with E-state index in [9.17, 15) is 9.90 Å². The molecule has 18 heavy (non-hydrogen) atoms. The van der Waals surface area contributed by atoms with Crippen LogP contribution < -0.4 is 5.32 Å². The van der Waals surface area contributed by atoms with E-state index >= 15 is 0 Å². The zero-order valence-corrected chi connectivity index (χ0v) is 11.4. The van der Waals surface area contributed by atoms with Gasteiger partial charge in [0.1, 0.15) is 5.69 Å². The maximum Gasteiger partial charge on any atom is 0.271 e. The Morgan fingerprint density at radius 3 is 2.89 bits per heavy atom. The summed E-state index contributed by atoms with van der Waals surface area (Å²) in [5.74, 6) is 0.339. The summed E-state index contributed by atoms with van der Waals surface area (Å²) in [5, 5.41) is 19.0. The molecule has 1 aromatic heterocycles. The highest BCUT2D eigenvalue weighted by molar-refractivity contribution is 5.92. The maximum atomic E-state index is 11.7. The first-order valence-electron chi connectivity index (χ1n) is 6.53. The number of aliphatic hydroxyl groups is 1. The second-order valence-corrected chi connectivity index (χ2v) is 4.98. The largest absolute Gasteiger partial charge is 0.393 e. The van der Waals surface area contributed by atoms with Crippen LogP contribution >= 0.6 is 0 Å². The van der Waals surface area contributed by atoms with Crippen molar-refractivity contribution >= 4 is 5.91 Å². The van der Waals surface area contributed by atoms with Crippen molar-refractivity contribution in [2.24, 2.45) is 5.92 Å². The van der Waals surface area contributed by atoms with Crippen LogP contribution in [-0.4, -0.2) is 33.9 Å². The predicted octanol–water partition coefficient (Wildman–Crippen LogP) is 1.50. The average Bonchev–Trinajstić information content (AvgIpc) is 2.76. The van der Waals surface area contributed by atoms with Gasteiger partial charge in [-0.05, 0) is 31.2 Å². The van der Waals surface area contributed by atoms with E-state index in [2.05, 4.69) is 29.4 Å². The lowest BCUT2D eigenvalue weighted by Crippen LogP contribution is -2.27. The number of aromatic amines is 1. The first-order chi connectivity index (χ1) is 8.52. The summed E-state index contributed by atoms with van der Waals surface area (Å²) in [4.78, 5) is 11.7. The number of amides is 1. The number of hydrogen-bond acceptors (Lipinski definition) is 3. The molecule has 0 bridgehead atoms. The molecule has 0 aliphatic rings. The molecule has 5 nitrogen and oxygen atoms in total. The first-order valence-corrected chi connectivity index (χ1v) is 6.53. The molecule has 0 aliphatic heterocycles. The van der Waals surface area contributed by atoms with Crippen LogP contribution in [0.15, 0.2) is 6.07 Å². The van der Waals surface area contributed by atoms with Gasteiger partial charge in [0, 0.05) is 12.2 Å². The van der Waals surface area contributed by atoms with E-state index in [4.69, 9.17) is 0 Å². The fraction of sp³-hybridized carbons (Fsp3) is 0.692. The van der Waals surface area contributed by atoms with Crippen molar-refractivity contribution in [1.29, 1.82) is 0 Å². The van der Waals surface area contributed by atoms with E-state index in [1.165, 1.54) is 0 Å². The Balaban J connectivity index is 2.39. The molecule has 0 saturated carbocycles. The molecule has 0 aromatic carbocycles. The zero-order chi connectivity index (χ0) is 13.5. The van der Waals surface area contributed by atoms with Crippen LogP contribution in [0.1, 0.15) is 49.8 Å². The minimum absolute atomic E-state index is 0.190. The summed E-state index contributed by atoms with van der Waals surface area (Å²) in [6.07, 6.45) is 1.82. The van der Waals surface area contributed by atoms with Gasteiger partial charge in [0.05, 0.1) is 6.10 Å². The molecule has 1 aromatic rings. The highest BCUT2D eigenvalue weighted by atomic mass is 16.3. The summed E-state index contributed by atoms with van der Waals surface area (Å²) < 4.78 is 0. The van der Waals surface area contributed by atoms with Gasteiger partial charge in [-0.15, -0.1) is 0 Å². The van der Waals surface area contributed by atoms with Gasteiger partial charge in [-0.25, -0.2) is 0 Å². The van der Waals surface area contributed by atoms with Crippen molar-refractivity contribution in [3.05, 3.63) is 17.5 Å². The van der Waals surface area contributed by atoms with Gasteiger partial charge in [0.25, 0.3) is 5.91 Å². The van der Waals surface area contributed by atoms with Crippen LogP contribution in [0, 0.1) is 5.92 Å². The van der Waals surface area contributed by atoms with E-state index in [0.29, 0.717) is 31.0 Å². The first kappa shape index (κ1) is 14.7. The summed E-state index contributed by atoms with van der Waals surface area (Å²) in [5.41, 5.74) is 1.39. The predicted molar refractivity (Wildman–Crippen MR) is 70.4 cm³/mol. The third kappa shape index (κ3) is 4.87. The van der Waals surface area contributed by atoms with E-state index in [-0.39, 0.29) is 12.0 Å². The molecule has 0 saturated heterocycles. The van der Waals surface area contributed by atoms with Crippen LogP contribution in [0.5, 0.6) is 0 Å². The molecular weight excluding hydrogens is 230 g/mol. The lowest BCUT2D eigenvalue weighted by Gasteiger charge is -2.07. The SMILES string of the molecule is CCC(O)CCNC(=O)c1cc(CC(C)C)[nH]n1. The van der Waals surface area contributed by atoms with E-state index in [1.54, 1.807) is 6.07 Å². The van der Waals surface area contributed by atoms with Crippen molar-refractivity contribution in [3.8, 4) is 0 Å². The minimum atomic E-state index is -0.346. The Morgan fingerprint density at radius 2 is 2.28 bits per heavy atom. The Morgan fingerprint density at radius 1 is 1.56 bits per heavy atom. The van der Waals surface area contributed by atoms with Crippen LogP contribution in [0.3, 0.4) is 0 Å². The Labute approximate surface area is 108 Å². The van der Waals surface area contributed by atoms with Gasteiger partial charge in [-0.2, -0.15) is 5.10 Å². The molecule has 0 fully saturated rings. The number of hydrogen-bond donors (Lipinski definition) is 3. The number of carbonyl (C=O) groups is 1. The fourth-order valence-electron chi connectivity index (χ4n) is 1.67. The summed E-state index contributed by atoms with van der Waals surface area (Å²) in [6, 6.07) is 1.78. The van der Waals surface area contributed by atoms with Gasteiger partial charge >= 0.3 is 0 Å². The molecule has 1 atom stereocenters. The number of rotatable bonds is 7. The van der Waals surface area contributed by atoms with Gasteiger partial charge in [-0.3, -0.25) is 9.89 Å². The van der Waals surface area contributed by atoms with E-state index in [0.717, 1.165) is 12.1 Å². The summed E-state index contributed by atoms with van der Waals surface area (Å²) >= 11 is 0. The topological polar surface area (TPSA) is 78.0 Å². The zero-order valence-electron chi connectivity index (χ0n) is 11.4. The smallest absolute Gasteiger partial charge is 0.271 e. The highest BCUT2D eigenvalue weighted by Crippen LogP contribution is 2.06. The second-order valence-electron chi connectivity index (χ2n) is 4.98. The van der Waals surface area contributed by atoms with Gasteiger partial charge in [0.2, 0.25) is 0 Å². The van der Waals surface area contributed by atoms with E-state index in [1.807, 2.05) is 6.92 Å². The molecule has 0 aliphatic carbocycles. The third-order valence-electron chi connectivity index (χ3n) is 2.73. The quantitative estimate of drug-likeness (QED) is 0.689. The van der Waals surface area contributed by atoms with Gasteiger partial charge < -0.3 is 10.4 Å². The molecule has 0 radical (unpaired) electrons. The van der Waals surface area contributed by atoms with Crippen LogP contribution in [0.25, 0.3) is 0 Å². The Bertz CT molecular complexity index is 374. The van der Waals surface area contributed by atoms with Crippen LogP contribution in [0.4, 0.5) is 0 Å². The standard InChI is InChI=1S/C13H23N3O2/c1-4-11(17)5-6-14-13(18)12-8-10(15-16-12)7-9(2)3/h8-9,11,17H,4-7H2,1-3H3,(H,14,18)(H,15,16). The molecule has 1 heterocycles. The normalized spacial score (nSPS) is 12.7. The fourth-order valence-corrected chi connectivity index (χ4v) is 1.67. The van der Waals surface area contributed by atoms with Crippen LogP contribution in [0.2, 0.25) is 0 Å². The molecule has 102 valence electrons. The van der Waals surface area contributed by atoms with Crippen molar-refractivity contribution in [1.82, 2.24) is 15.5 Å². The number of carbonyl (C=O) groups excluding carboxylic acids is 1. The molecule has 0 spiro atoms. The lowest BCUT2D eigenvalue weighted by molar-refractivity contribution is 0.0937. The lowest BCUT2D eigenvalue weighted by atomic mass is 10.1. The Hall–Kier alpha value is -1.36. The van der Waals surface area contributed by atoms with Crippen LogP contribution in [-0.2, 0) is 6.42 Å². The summed E-state index contributed by atoms with van der Waals surface area (Å²) in [6.45, 7) is 6.62. The summed E-state index contributed by atoms with van der Waals surface area (Å²) in [7, 11) is 0. The van der Waals surface area contributed by atoms with Crippen molar-refractivity contribution < 1.29 is 9.90 Å². The van der Waals surface area contributed by atoms with Gasteiger partial charge in [0.15, 0.2) is 0 Å². The molecule has 1 rings (SSSR count). The molecule has 3 N–H and O–H groups in total. The van der Waals surface area contributed by atoms with E-state index < -0.39 is 0 Å². The monoisotopic (exact) mass is 253 g/mol. The number of H-pyrrole nitrogens is 1. The van der Waals surface area contributed by atoms with Crippen molar-refractivity contribution in [3.63, 3.8) is 0 Å². The van der Waals surface area contributed by atoms with Crippen molar-refractivity contribution in [2.75, 3.05) is 6.54 Å². The number of aromatic nitrogens is 2. The molecule has 5 heteroatoms. The van der Waals surface area contributed by atoms with Gasteiger partial charge in [-0.1, -0.05) is 20.8 Å². The number of nitrogens with one attached hydrogen (secondary N) is 2. The average molecular weight is 253 g/mol. The molecule has 1 amide bonds. The highest BCUT2D eigenvalue weighted by Gasteiger charge is 2.11. The third-order valence-corrected chi connectivity index (χ3v) is 2.73. The maximum absolute atomic E-state index is 11.7. The van der Waals surface area contributed by atoms with Crippen molar-refractivity contribution in [2.45, 2.75) is 46.1 Å². The number of nitrogens with zero attached hydrogens (tertiary/aromatic N) is 1. The second kappa shape index (κ2) is 7.16. The number of aliphatic hydroxyl groups excluding tert-OH is 1. The molecular formula is C13H23N3O2. The molecule has 1 unspecified atom stereocenters. The Kier molecular flexibility index (Phi) is 5.85.